The number of hydrogen-bond donors (Lipinski definition) is 1. The molecule has 0 aliphatic carbocycles. The van der Waals surface area contributed by atoms with E-state index in [0.29, 0.717) is 0 Å². The van der Waals surface area contributed by atoms with Gasteiger partial charge < -0.3 is 5.11 Å². The first-order valence-electron chi connectivity index (χ1n) is 7.12. The van der Waals surface area contributed by atoms with Gasteiger partial charge in [0, 0.05) is 12.1 Å². The minimum absolute atomic E-state index is 0.0301. The summed E-state index contributed by atoms with van der Waals surface area (Å²) in [5, 5.41) is 15.9. The fourth-order valence-corrected chi connectivity index (χ4v) is 2.31. The second-order valence-corrected chi connectivity index (χ2v) is 6.16. The van der Waals surface area contributed by atoms with Gasteiger partial charge in [0.25, 0.3) is 0 Å². The van der Waals surface area contributed by atoms with Crippen LogP contribution in [-0.2, 0) is 12.5 Å². The summed E-state index contributed by atoms with van der Waals surface area (Å²) >= 11 is 5.95. The average Bonchev–Trinajstić information content (AvgIpc) is 2.86. The fourth-order valence-electron chi connectivity index (χ4n) is 2.12. The standard InChI is InChI=1S/C12H17Cl.C4H5N3O2/c1-4-8-12(2,3)10-6-5-7-11(13)9-10;1-7-2-3(4(8)9)5-6-7/h5-7,9H,4,8H2,1-3H3;2H,1H3,(H,8,9). The van der Waals surface area contributed by atoms with Crippen LogP contribution in [0, 0.1) is 0 Å². The monoisotopic (exact) mass is 323 g/mol. The molecule has 0 radical (unpaired) electrons. The van der Waals surface area contributed by atoms with Gasteiger partial charge in [-0.25, -0.2) is 4.79 Å². The number of carboxylic acid groups (broad SMARTS) is 1. The van der Waals surface area contributed by atoms with Gasteiger partial charge in [-0.15, -0.1) is 5.10 Å². The molecule has 0 saturated carbocycles. The molecule has 0 spiro atoms. The molecular weight excluding hydrogens is 302 g/mol. The molecule has 1 aromatic heterocycles. The van der Waals surface area contributed by atoms with E-state index in [4.69, 9.17) is 16.7 Å². The van der Waals surface area contributed by atoms with E-state index in [1.165, 1.54) is 29.3 Å². The number of hydrogen-bond acceptors (Lipinski definition) is 3. The smallest absolute Gasteiger partial charge is 0.358 e. The second kappa shape index (κ2) is 7.94. The predicted octanol–water partition coefficient (Wildman–Crippen LogP) is 3.93. The number of benzene rings is 1. The molecule has 0 unspecified atom stereocenters. The summed E-state index contributed by atoms with van der Waals surface area (Å²) in [6.45, 7) is 6.75. The number of halogens is 1. The summed E-state index contributed by atoms with van der Waals surface area (Å²) in [6.07, 6.45) is 3.75. The van der Waals surface area contributed by atoms with Gasteiger partial charge in [-0.2, -0.15) is 0 Å². The summed E-state index contributed by atoms with van der Waals surface area (Å²) in [7, 11) is 1.61. The molecule has 0 atom stereocenters. The zero-order chi connectivity index (χ0) is 16.8. The van der Waals surface area contributed by atoms with Crippen LogP contribution in [0.5, 0.6) is 0 Å². The van der Waals surface area contributed by atoms with Crippen molar-refractivity contribution in [3.05, 3.63) is 46.7 Å². The van der Waals surface area contributed by atoms with Crippen molar-refractivity contribution in [1.82, 2.24) is 15.0 Å². The summed E-state index contributed by atoms with van der Waals surface area (Å²) in [6, 6.07) is 8.17. The highest BCUT2D eigenvalue weighted by atomic mass is 35.5. The molecule has 0 fully saturated rings. The van der Waals surface area contributed by atoms with Crippen LogP contribution < -0.4 is 0 Å². The number of carboxylic acids is 1. The van der Waals surface area contributed by atoms with Crippen molar-refractivity contribution in [1.29, 1.82) is 0 Å². The van der Waals surface area contributed by atoms with Gasteiger partial charge in [-0.3, -0.25) is 4.68 Å². The number of nitrogens with zero attached hydrogens (tertiary/aromatic N) is 3. The maximum Gasteiger partial charge on any atom is 0.358 e. The van der Waals surface area contributed by atoms with Gasteiger partial charge in [0.1, 0.15) is 0 Å². The van der Waals surface area contributed by atoms with Crippen molar-refractivity contribution < 1.29 is 9.90 Å². The first-order chi connectivity index (χ1) is 10.3. The molecule has 1 aromatic carbocycles. The Hall–Kier alpha value is -1.88. The lowest BCUT2D eigenvalue weighted by atomic mass is 9.81. The van der Waals surface area contributed by atoms with Crippen LogP contribution in [0.25, 0.3) is 0 Å². The Morgan fingerprint density at radius 2 is 2.09 bits per heavy atom. The first-order valence-corrected chi connectivity index (χ1v) is 7.49. The maximum atomic E-state index is 10.1. The minimum Gasteiger partial charge on any atom is -0.476 e. The molecule has 0 aliphatic heterocycles. The van der Waals surface area contributed by atoms with Crippen LogP contribution in [0.1, 0.15) is 49.7 Å². The molecule has 0 bridgehead atoms. The van der Waals surface area contributed by atoms with Crippen molar-refractivity contribution in [2.24, 2.45) is 7.05 Å². The van der Waals surface area contributed by atoms with E-state index < -0.39 is 5.97 Å². The van der Waals surface area contributed by atoms with Crippen molar-refractivity contribution in [2.45, 2.75) is 39.0 Å². The molecule has 1 N–H and O–H groups in total. The first kappa shape index (κ1) is 18.2. The molecule has 2 rings (SSSR count). The van der Waals surface area contributed by atoms with Crippen LogP contribution in [0.15, 0.2) is 30.5 Å². The number of aromatic nitrogens is 3. The van der Waals surface area contributed by atoms with Gasteiger partial charge in [0.15, 0.2) is 5.69 Å². The van der Waals surface area contributed by atoms with E-state index in [-0.39, 0.29) is 11.1 Å². The number of aryl methyl sites for hydroxylation is 1. The largest absolute Gasteiger partial charge is 0.476 e. The lowest BCUT2D eigenvalue weighted by Gasteiger charge is -2.24. The Kier molecular flexibility index (Phi) is 6.56. The number of carbonyl (C=O) groups is 1. The molecule has 0 amide bonds. The number of rotatable bonds is 4. The third-order valence-corrected chi connectivity index (χ3v) is 3.54. The van der Waals surface area contributed by atoms with E-state index in [0.717, 1.165) is 5.02 Å². The Morgan fingerprint density at radius 3 is 2.50 bits per heavy atom. The van der Waals surface area contributed by atoms with Crippen molar-refractivity contribution in [2.75, 3.05) is 0 Å². The maximum absolute atomic E-state index is 10.1. The summed E-state index contributed by atoms with van der Waals surface area (Å²) < 4.78 is 1.34. The quantitative estimate of drug-likeness (QED) is 0.925. The van der Waals surface area contributed by atoms with Crippen LogP contribution in [-0.4, -0.2) is 26.1 Å². The van der Waals surface area contributed by atoms with E-state index >= 15 is 0 Å². The third-order valence-electron chi connectivity index (χ3n) is 3.30. The Balaban J connectivity index is 0.000000235. The lowest BCUT2D eigenvalue weighted by Crippen LogP contribution is -2.16. The molecule has 6 heteroatoms. The minimum atomic E-state index is -1.05. The SMILES string of the molecule is CCCC(C)(C)c1cccc(Cl)c1.Cn1cc(C(=O)O)nn1. The Morgan fingerprint density at radius 1 is 1.41 bits per heavy atom. The van der Waals surface area contributed by atoms with E-state index in [2.05, 4.69) is 43.2 Å². The van der Waals surface area contributed by atoms with Gasteiger partial charge >= 0.3 is 5.97 Å². The molecule has 0 saturated heterocycles. The lowest BCUT2D eigenvalue weighted by molar-refractivity contribution is 0.0690. The molecular formula is C16H22ClN3O2. The highest BCUT2D eigenvalue weighted by Crippen LogP contribution is 2.29. The van der Waals surface area contributed by atoms with Crippen molar-refractivity contribution in [3.63, 3.8) is 0 Å². The fraction of sp³-hybridized carbons (Fsp3) is 0.438. The molecule has 2 aromatic rings. The zero-order valence-corrected chi connectivity index (χ0v) is 14.1. The second-order valence-electron chi connectivity index (χ2n) is 5.73. The molecule has 120 valence electrons. The topological polar surface area (TPSA) is 68.0 Å². The van der Waals surface area contributed by atoms with Gasteiger partial charge in [0.05, 0.1) is 6.20 Å². The Labute approximate surface area is 135 Å². The normalized spacial score (nSPS) is 10.8. The van der Waals surface area contributed by atoms with E-state index in [1.807, 2.05) is 12.1 Å². The predicted molar refractivity (Wildman–Crippen MR) is 87.3 cm³/mol. The summed E-state index contributed by atoms with van der Waals surface area (Å²) in [5.41, 5.74) is 1.55. The summed E-state index contributed by atoms with van der Waals surface area (Å²) in [5.74, 6) is -1.05. The third kappa shape index (κ3) is 5.48. The van der Waals surface area contributed by atoms with Gasteiger partial charge in [-0.05, 0) is 29.5 Å². The van der Waals surface area contributed by atoms with Crippen molar-refractivity contribution in [3.8, 4) is 0 Å². The number of aromatic carboxylic acids is 1. The average molecular weight is 324 g/mol. The highest BCUT2D eigenvalue weighted by molar-refractivity contribution is 6.30. The van der Waals surface area contributed by atoms with Crippen molar-refractivity contribution >= 4 is 17.6 Å². The zero-order valence-electron chi connectivity index (χ0n) is 13.4. The van der Waals surface area contributed by atoms with Crippen LogP contribution in [0.3, 0.4) is 0 Å². The van der Waals surface area contributed by atoms with E-state index in [9.17, 15) is 4.79 Å². The molecule has 5 nitrogen and oxygen atoms in total. The van der Waals surface area contributed by atoms with Gasteiger partial charge in [0.2, 0.25) is 0 Å². The van der Waals surface area contributed by atoms with Crippen LogP contribution >= 0.6 is 11.6 Å². The van der Waals surface area contributed by atoms with Gasteiger partial charge in [-0.1, -0.05) is 56.1 Å². The van der Waals surface area contributed by atoms with Crippen LogP contribution in [0.4, 0.5) is 0 Å². The highest BCUT2D eigenvalue weighted by Gasteiger charge is 2.18. The summed E-state index contributed by atoms with van der Waals surface area (Å²) in [4.78, 5) is 10.1. The van der Waals surface area contributed by atoms with E-state index in [1.54, 1.807) is 7.05 Å². The molecule has 1 heterocycles. The molecule has 0 aliphatic rings. The Bertz CT molecular complexity index is 623. The van der Waals surface area contributed by atoms with Crippen LogP contribution in [0.2, 0.25) is 5.02 Å². The molecule has 22 heavy (non-hydrogen) atoms.